The molecule has 1 aromatic carbocycles. The lowest BCUT2D eigenvalue weighted by molar-refractivity contribution is -0.149. The lowest BCUT2D eigenvalue weighted by Crippen LogP contribution is -2.59. The van der Waals surface area contributed by atoms with Crippen LogP contribution in [-0.4, -0.2) is 91.9 Å². The average molecular weight is 542 g/mol. The number of methoxy groups -OCH3 is 1. The first kappa shape index (κ1) is 37.0. The van der Waals surface area contributed by atoms with E-state index < -0.39 is 17.7 Å². The normalized spacial score (nSPS) is 15.1. The summed E-state index contributed by atoms with van der Waals surface area (Å²) < 4.78 is 14.9. The smallest absolute Gasteiger partial charge is 0.411 e. The van der Waals surface area contributed by atoms with Crippen LogP contribution in [0, 0.1) is 5.41 Å². The molecule has 0 spiro atoms. The Balaban J connectivity index is 0. The van der Waals surface area contributed by atoms with Gasteiger partial charge >= 0.3 is 12.1 Å². The van der Waals surface area contributed by atoms with Crippen LogP contribution in [0.2, 0.25) is 0 Å². The van der Waals surface area contributed by atoms with Gasteiger partial charge in [0.15, 0.2) is 0 Å². The highest BCUT2D eigenvalue weighted by Crippen LogP contribution is 2.25. The second kappa shape index (κ2) is 19.9. The topological polar surface area (TPSA) is 149 Å². The molecular weight excluding hydrogens is 494 g/mol. The molecule has 1 amide bonds. The number of carbonyl (C=O) groups excluding carboxylic acids is 3. The van der Waals surface area contributed by atoms with Gasteiger partial charge in [-0.1, -0.05) is 45.4 Å². The van der Waals surface area contributed by atoms with Crippen LogP contribution in [0.1, 0.15) is 54.4 Å². The van der Waals surface area contributed by atoms with Gasteiger partial charge in [-0.05, 0) is 58.3 Å². The van der Waals surface area contributed by atoms with Crippen molar-refractivity contribution in [3.05, 3.63) is 30.3 Å². The SMILES string of the molecule is CCC(C)(C)CCN1CCN(C(=O)OC(C)(C)C)C(C(=O)OC)C1.CN.O=CO.O=COc1ccccc1. The molecule has 0 radical (unpaired) electrons. The Hall–Kier alpha value is -3.18. The summed E-state index contributed by atoms with van der Waals surface area (Å²) in [4.78, 5) is 46.4. The van der Waals surface area contributed by atoms with Crippen molar-refractivity contribution in [2.45, 2.75) is 66.0 Å². The van der Waals surface area contributed by atoms with Gasteiger partial charge in [0.1, 0.15) is 17.4 Å². The molecule has 1 heterocycles. The highest BCUT2D eigenvalue weighted by molar-refractivity contribution is 5.82. The van der Waals surface area contributed by atoms with Crippen LogP contribution >= 0.6 is 0 Å². The number of rotatable bonds is 7. The Morgan fingerprint density at radius 2 is 1.63 bits per heavy atom. The van der Waals surface area contributed by atoms with Gasteiger partial charge in [0, 0.05) is 19.6 Å². The molecule has 218 valence electrons. The summed E-state index contributed by atoms with van der Waals surface area (Å²) in [5, 5.41) is 6.89. The minimum absolute atomic E-state index is 0.250. The molecule has 38 heavy (non-hydrogen) atoms. The Kier molecular flexibility index (Phi) is 19.3. The molecule has 0 bridgehead atoms. The van der Waals surface area contributed by atoms with Crippen LogP contribution in [0.3, 0.4) is 0 Å². The molecule has 0 aromatic heterocycles. The lowest BCUT2D eigenvalue weighted by atomic mass is 9.86. The van der Waals surface area contributed by atoms with Gasteiger partial charge < -0.3 is 25.1 Å². The fourth-order valence-electron chi connectivity index (χ4n) is 3.11. The van der Waals surface area contributed by atoms with E-state index in [0.29, 0.717) is 25.3 Å². The molecule has 1 aromatic rings. The van der Waals surface area contributed by atoms with Gasteiger partial charge in [0.2, 0.25) is 0 Å². The van der Waals surface area contributed by atoms with E-state index in [0.717, 1.165) is 25.9 Å². The highest BCUT2D eigenvalue weighted by Gasteiger charge is 2.38. The van der Waals surface area contributed by atoms with Crippen molar-refractivity contribution in [1.29, 1.82) is 0 Å². The largest absolute Gasteiger partial charge is 0.483 e. The molecule has 2 rings (SSSR count). The number of benzene rings is 1. The van der Waals surface area contributed by atoms with Gasteiger partial charge in [0.05, 0.1) is 7.11 Å². The third kappa shape index (κ3) is 16.5. The van der Waals surface area contributed by atoms with E-state index in [-0.39, 0.29) is 17.9 Å². The van der Waals surface area contributed by atoms with E-state index >= 15 is 0 Å². The molecule has 1 aliphatic heterocycles. The van der Waals surface area contributed by atoms with Gasteiger partial charge in [-0.15, -0.1) is 0 Å². The van der Waals surface area contributed by atoms with Crippen molar-refractivity contribution < 1.29 is 38.5 Å². The number of para-hydroxylation sites is 1. The molecule has 11 heteroatoms. The Labute approximate surface area is 227 Å². The lowest BCUT2D eigenvalue weighted by Gasteiger charge is -2.41. The van der Waals surface area contributed by atoms with Crippen molar-refractivity contribution in [2.75, 3.05) is 40.3 Å². The van der Waals surface area contributed by atoms with Gasteiger partial charge in [0.25, 0.3) is 12.9 Å². The third-order valence-electron chi connectivity index (χ3n) is 5.56. The maximum Gasteiger partial charge on any atom is 0.411 e. The molecule has 1 aliphatic rings. The summed E-state index contributed by atoms with van der Waals surface area (Å²) in [6.07, 6.45) is 1.72. The number of hydrogen-bond donors (Lipinski definition) is 2. The van der Waals surface area contributed by atoms with E-state index in [4.69, 9.17) is 19.4 Å². The molecule has 1 atom stereocenters. The number of piperazine rings is 1. The second-order valence-electron chi connectivity index (χ2n) is 9.91. The average Bonchev–Trinajstić information content (AvgIpc) is 2.89. The summed E-state index contributed by atoms with van der Waals surface area (Å²) in [5.74, 6) is 0.188. The van der Waals surface area contributed by atoms with Crippen LogP contribution in [-0.2, 0) is 23.9 Å². The molecule has 0 aliphatic carbocycles. The monoisotopic (exact) mass is 541 g/mol. The summed E-state index contributed by atoms with van der Waals surface area (Å²) in [6, 6.07) is 8.29. The number of carboxylic acid groups (broad SMARTS) is 1. The van der Waals surface area contributed by atoms with Crippen molar-refractivity contribution >= 4 is 25.0 Å². The summed E-state index contributed by atoms with van der Waals surface area (Å²) in [6.45, 7) is 14.9. The Morgan fingerprint density at radius 1 is 1.08 bits per heavy atom. The molecule has 1 saturated heterocycles. The van der Waals surface area contributed by atoms with E-state index in [2.05, 4.69) is 36.1 Å². The van der Waals surface area contributed by atoms with Crippen LogP contribution in [0.25, 0.3) is 0 Å². The van der Waals surface area contributed by atoms with E-state index in [1.165, 1.54) is 19.1 Å². The Bertz CT molecular complexity index is 797. The maximum absolute atomic E-state index is 12.4. The molecule has 1 unspecified atom stereocenters. The van der Waals surface area contributed by atoms with Crippen LogP contribution in [0.15, 0.2) is 30.3 Å². The van der Waals surface area contributed by atoms with Crippen molar-refractivity contribution in [3.8, 4) is 5.75 Å². The zero-order valence-electron chi connectivity index (χ0n) is 24.1. The quantitative estimate of drug-likeness (QED) is 0.388. The van der Waals surface area contributed by atoms with Crippen LogP contribution in [0.5, 0.6) is 5.75 Å². The Morgan fingerprint density at radius 3 is 2.08 bits per heavy atom. The fourth-order valence-corrected chi connectivity index (χ4v) is 3.11. The van der Waals surface area contributed by atoms with Gasteiger partial charge in [-0.2, -0.15) is 0 Å². The third-order valence-corrected chi connectivity index (χ3v) is 5.56. The summed E-state index contributed by atoms with van der Waals surface area (Å²) >= 11 is 0. The summed E-state index contributed by atoms with van der Waals surface area (Å²) in [5.41, 5.74) is 4.20. The first-order chi connectivity index (χ1) is 17.8. The van der Waals surface area contributed by atoms with E-state index in [1.807, 2.05) is 26.8 Å². The van der Waals surface area contributed by atoms with E-state index in [9.17, 15) is 14.4 Å². The number of esters is 1. The number of ether oxygens (including phenoxy) is 3. The predicted octanol–water partition coefficient (Wildman–Crippen LogP) is 3.40. The molecule has 1 fully saturated rings. The second-order valence-corrected chi connectivity index (χ2v) is 9.91. The fraction of sp³-hybridized carbons (Fsp3) is 0.630. The first-order valence-electron chi connectivity index (χ1n) is 12.4. The first-order valence-corrected chi connectivity index (χ1v) is 12.4. The predicted molar refractivity (Wildman–Crippen MR) is 146 cm³/mol. The van der Waals surface area contributed by atoms with Gasteiger partial charge in [-0.3, -0.25) is 19.4 Å². The standard InChI is InChI=1S/C18H34N2O4.C7H6O2.CH5N.CH2O2/c1-8-18(5,6)9-10-19-11-12-20(14(13-19)15(21)23-7)16(22)24-17(2,3)4;8-6-9-7-4-2-1-3-5-7;1-2;2-1-3/h14H,8-13H2,1-7H3;1-6H;2H2,1H3;1H,(H,2,3). The minimum atomic E-state index is -0.608. The number of nitrogens with two attached hydrogens (primary N) is 1. The highest BCUT2D eigenvalue weighted by atomic mass is 16.6. The van der Waals surface area contributed by atoms with Crippen molar-refractivity contribution in [3.63, 3.8) is 0 Å². The molecule has 0 saturated carbocycles. The van der Waals surface area contributed by atoms with Crippen LogP contribution in [0.4, 0.5) is 4.79 Å². The van der Waals surface area contributed by atoms with E-state index in [1.54, 1.807) is 24.3 Å². The zero-order valence-corrected chi connectivity index (χ0v) is 24.1. The van der Waals surface area contributed by atoms with Gasteiger partial charge in [-0.25, -0.2) is 9.59 Å². The number of amides is 1. The number of nitrogens with zero attached hydrogens (tertiary/aromatic N) is 2. The zero-order chi connectivity index (χ0) is 29.8. The van der Waals surface area contributed by atoms with Crippen LogP contribution < -0.4 is 10.5 Å². The minimum Gasteiger partial charge on any atom is -0.483 e. The number of carbonyl (C=O) groups is 4. The summed E-state index contributed by atoms with van der Waals surface area (Å²) in [7, 11) is 2.86. The molecule has 3 N–H and O–H groups in total. The van der Waals surface area contributed by atoms with Crippen molar-refractivity contribution in [2.24, 2.45) is 11.1 Å². The molecular formula is C27H47N3O8. The maximum atomic E-state index is 12.4. The van der Waals surface area contributed by atoms with Crippen molar-refractivity contribution in [1.82, 2.24) is 9.80 Å². The molecule has 11 nitrogen and oxygen atoms in total. The number of hydrogen-bond acceptors (Lipinski definition) is 9.